The van der Waals surface area contributed by atoms with Crippen LogP contribution >= 0.6 is 0 Å². The van der Waals surface area contributed by atoms with Crippen molar-refractivity contribution in [3.63, 3.8) is 0 Å². The fourth-order valence-corrected chi connectivity index (χ4v) is 2.54. The van der Waals surface area contributed by atoms with E-state index in [1.807, 2.05) is 12.1 Å². The van der Waals surface area contributed by atoms with E-state index in [2.05, 4.69) is 29.3 Å². The Balaban J connectivity index is 1.88. The van der Waals surface area contributed by atoms with Crippen LogP contribution in [0.25, 0.3) is 0 Å². The van der Waals surface area contributed by atoms with Crippen LogP contribution in [0, 0.1) is 0 Å². The molecule has 4 heteroatoms. The Morgan fingerprint density at radius 2 is 2.15 bits per heavy atom. The highest BCUT2D eigenvalue weighted by Crippen LogP contribution is 2.16. The van der Waals surface area contributed by atoms with Crippen LogP contribution in [-0.2, 0) is 16.1 Å². The number of hydrogen-bond acceptors (Lipinski definition) is 3. The summed E-state index contributed by atoms with van der Waals surface area (Å²) >= 11 is 0. The number of nitrogens with one attached hydrogen (secondary N) is 1. The van der Waals surface area contributed by atoms with Gasteiger partial charge in [-0.05, 0) is 37.1 Å². The molecule has 1 heterocycles. The van der Waals surface area contributed by atoms with E-state index in [1.54, 1.807) is 0 Å². The van der Waals surface area contributed by atoms with Gasteiger partial charge in [-0.2, -0.15) is 0 Å². The van der Waals surface area contributed by atoms with Gasteiger partial charge in [-0.15, -0.1) is 0 Å². The molecule has 0 aliphatic carbocycles. The minimum atomic E-state index is -0.0358. The van der Waals surface area contributed by atoms with Gasteiger partial charge in [0.15, 0.2) is 0 Å². The maximum absolute atomic E-state index is 11.0. The summed E-state index contributed by atoms with van der Waals surface area (Å²) in [7, 11) is 0. The molecule has 1 amide bonds. The Labute approximate surface area is 121 Å². The second-order valence-corrected chi connectivity index (χ2v) is 5.34. The Morgan fingerprint density at radius 1 is 1.40 bits per heavy atom. The zero-order chi connectivity index (χ0) is 14.4. The van der Waals surface area contributed by atoms with E-state index >= 15 is 0 Å². The van der Waals surface area contributed by atoms with E-state index in [9.17, 15) is 4.79 Å². The summed E-state index contributed by atoms with van der Waals surface area (Å²) in [6.45, 7) is 7.57. The van der Waals surface area contributed by atoms with Gasteiger partial charge in [0.25, 0.3) is 0 Å². The molecule has 1 fully saturated rings. The third-order valence-corrected chi connectivity index (χ3v) is 3.61. The molecule has 4 nitrogen and oxygen atoms in total. The van der Waals surface area contributed by atoms with Crippen molar-refractivity contribution in [3.05, 3.63) is 29.8 Å². The highest BCUT2D eigenvalue weighted by molar-refractivity contribution is 5.88. The molecule has 1 aromatic rings. The van der Waals surface area contributed by atoms with Gasteiger partial charge in [0.1, 0.15) is 0 Å². The summed E-state index contributed by atoms with van der Waals surface area (Å²) in [5.41, 5.74) is 2.11. The first-order valence-corrected chi connectivity index (χ1v) is 7.38. The van der Waals surface area contributed by atoms with Gasteiger partial charge in [-0.25, -0.2) is 0 Å². The molecule has 1 aliphatic rings. The predicted molar refractivity (Wildman–Crippen MR) is 80.7 cm³/mol. The number of carbonyl (C=O) groups excluding carboxylic acids is 1. The van der Waals surface area contributed by atoms with Crippen LogP contribution in [0.15, 0.2) is 24.3 Å². The molecule has 20 heavy (non-hydrogen) atoms. The fourth-order valence-electron chi connectivity index (χ4n) is 2.54. The van der Waals surface area contributed by atoms with Crippen LogP contribution in [0.2, 0.25) is 0 Å². The summed E-state index contributed by atoms with van der Waals surface area (Å²) in [4.78, 5) is 13.4. The molecule has 1 atom stereocenters. The number of nitrogens with zero attached hydrogens (tertiary/aromatic N) is 1. The monoisotopic (exact) mass is 276 g/mol. The average Bonchev–Trinajstić information content (AvgIpc) is 2.92. The van der Waals surface area contributed by atoms with Crippen LogP contribution in [0.1, 0.15) is 32.3 Å². The average molecular weight is 276 g/mol. The van der Waals surface area contributed by atoms with E-state index in [4.69, 9.17) is 4.74 Å². The van der Waals surface area contributed by atoms with Crippen molar-refractivity contribution in [2.75, 3.05) is 25.0 Å². The van der Waals surface area contributed by atoms with Gasteiger partial charge >= 0.3 is 0 Å². The number of likely N-dealkylation sites (N-methyl/N-ethyl adjacent to an activating group) is 1. The minimum Gasteiger partial charge on any atom is -0.377 e. The summed E-state index contributed by atoms with van der Waals surface area (Å²) in [6, 6.07) is 8.06. The molecule has 0 spiro atoms. The van der Waals surface area contributed by atoms with E-state index in [1.165, 1.54) is 25.3 Å². The Hall–Kier alpha value is -1.39. The van der Waals surface area contributed by atoms with Crippen LogP contribution in [0.3, 0.4) is 0 Å². The fraction of sp³-hybridized carbons (Fsp3) is 0.562. The van der Waals surface area contributed by atoms with Crippen molar-refractivity contribution in [1.29, 1.82) is 0 Å². The van der Waals surface area contributed by atoms with Gasteiger partial charge < -0.3 is 10.1 Å². The van der Waals surface area contributed by atoms with Crippen molar-refractivity contribution in [1.82, 2.24) is 4.90 Å². The van der Waals surface area contributed by atoms with Crippen molar-refractivity contribution in [2.24, 2.45) is 0 Å². The highest BCUT2D eigenvalue weighted by Gasteiger charge is 2.18. The summed E-state index contributed by atoms with van der Waals surface area (Å²) < 4.78 is 5.70. The predicted octanol–water partition coefficient (Wildman–Crippen LogP) is 2.65. The molecular formula is C16H24N2O2. The number of amides is 1. The highest BCUT2D eigenvalue weighted by atomic mass is 16.5. The minimum absolute atomic E-state index is 0.0358. The van der Waals surface area contributed by atoms with E-state index in [-0.39, 0.29) is 5.91 Å². The largest absolute Gasteiger partial charge is 0.377 e. The van der Waals surface area contributed by atoms with Crippen molar-refractivity contribution in [2.45, 2.75) is 39.3 Å². The van der Waals surface area contributed by atoms with Gasteiger partial charge in [0.05, 0.1) is 6.10 Å². The molecule has 0 bridgehead atoms. The van der Waals surface area contributed by atoms with E-state index in [0.717, 1.165) is 31.9 Å². The molecule has 0 saturated carbocycles. The van der Waals surface area contributed by atoms with Crippen LogP contribution in [0.4, 0.5) is 5.69 Å². The number of benzene rings is 1. The number of ether oxygens (including phenoxy) is 1. The zero-order valence-corrected chi connectivity index (χ0v) is 12.4. The maximum Gasteiger partial charge on any atom is 0.221 e. The molecule has 0 unspecified atom stereocenters. The molecule has 0 radical (unpaired) electrons. The first kappa shape index (κ1) is 15.0. The number of hydrogen-bond donors (Lipinski definition) is 1. The van der Waals surface area contributed by atoms with E-state index < -0.39 is 0 Å². The quantitative estimate of drug-likeness (QED) is 0.868. The third kappa shape index (κ3) is 4.62. The molecule has 1 N–H and O–H groups in total. The van der Waals surface area contributed by atoms with Crippen molar-refractivity contribution >= 4 is 11.6 Å². The van der Waals surface area contributed by atoms with Crippen molar-refractivity contribution < 1.29 is 9.53 Å². The Bertz CT molecular complexity index is 425. The summed E-state index contributed by atoms with van der Waals surface area (Å²) in [5, 5.41) is 2.79. The Kier molecular flexibility index (Phi) is 5.56. The second kappa shape index (κ2) is 7.41. The first-order chi connectivity index (χ1) is 9.67. The standard InChI is InChI=1S/C16H24N2O2/c1-3-18(12-16-5-4-10-20-16)11-14-6-8-15(9-7-14)17-13(2)19/h6-9,16H,3-5,10-12H2,1-2H3,(H,17,19)/t16-/m0/s1. The van der Waals surface area contributed by atoms with E-state index in [0.29, 0.717) is 6.10 Å². The molecule has 1 aromatic carbocycles. The normalized spacial score (nSPS) is 18.4. The smallest absolute Gasteiger partial charge is 0.221 e. The lowest BCUT2D eigenvalue weighted by Crippen LogP contribution is -2.31. The molecule has 2 rings (SSSR count). The van der Waals surface area contributed by atoms with Crippen LogP contribution in [0.5, 0.6) is 0 Å². The number of anilines is 1. The van der Waals surface area contributed by atoms with Gasteiger partial charge in [-0.3, -0.25) is 9.69 Å². The second-order valence-electron chi connectivity index (χ2n) is 5.34. The lowest BCUT2D eigenvalue weighted by molar-refractivity contribution is -0.114. The van der Waals surface area contributed by atoms with Crippen LogP contribution in [-0.4, -0.2) is 36.6 Å². The lowest BCUT2D eigenvalue weighted by Gasteiger charge is -2.23. The van der Waals surface area contributed by atoms with Crippen molar-refractivity contribution in [3.8, 4) is 0 Å². The molecule has 0 aromatic heterocycles. The van der Waals surface area contributed by atoms with Gasteiger partial charge in [0.2, 0.25) is 5.91 Å². The third-order valence-electron chi connectivity index (χ3n) is 3.61. The zero-order valence-electron chi connectivity index (χ0n) is 12.4. The SMILES string of the molecule is CCN(Cc1ccc(NC(C)=O)cc1)C[C@@H]1CCCO1. The van der Waals surface area contributed by atoms with Gasteiger partial charge in [0, 0.05) is 32.3 Å². The summed E-state index contributed by atoms with van der Waals surface area (Å²) in [5.74, 6) is -0.0358. The molecule has 110 valence electrons. The van der Waals surface area contributed by atoms with Crippen LogP contribution < -0.4 is 5.32 Å². The maximum atomic E-state index is 11.0. The molecular weight excluding hydrogens is 252 g/mol. The number of carbonyl (C=O) groups is 1. The Morgan fingerprint density at radius 3 is 2.70 bits per heavy atom. The topological polar surface area (TPSA) is 41.6 Å². The summed E-state index contributed by atoms with van der Waals surface area (Å²) in [6.07, 6.45) is 2.76. The van der Waals surface area contributed by atoms with Gasteiger partial charge in [-0.1, -0.05) is 19.1 Å². The molecule has 1 saturated heterocycles. The number of rotatable bonds is 6. The first-order valence-electron chi connectivity index (χ1n) is 7.38. The lowest BCUT2D eigenvalue weighted by atomic mass is 10.1. The molecule has 1 aliphatic heterocycles.